The molecule has 0 bridgehead atoms. The zero-order valence-electron chi connectivity index (χ0n) is 12.7. The van der Waals surface area contributed by atoms with Gasteiger partial charge in [-0.2, -0.15) is 0 Å². The second-order valence-electron chi connectivity index (χ2n) is 5.70. The van der Waals surface area contributed by atoms with Crippen LogP contribution in [-0.2, 0) is 6.42 Å². The number of rotatable bonds is 4. The summed E-state index contributed by atoms with van der Waals surface area (Å²) in [5, 5.41) is 0. The Labute approximate surface area is 130 Å². The number of hydrogen-bond donors (Lipinski definition) is 0. The summed E-state index contributed by atoms with van der Waals surface area (Å²) in [7, 11) is 3.88. The largest absolute Gasteiger partial charge is 0.494 e. The maximum absolute atomic E-state index is 5.98. The van der Waals surface area contributed by atoms with Crippen molar-refractivity contribution in [2.75, 3.05) is 33.1 Å². The van der Waals surface area contributed by atoms with E-state index in [0.29, 0.717) is 11.9 Å². The summed E-state index contributed by atoms with van der Waals surface area (Å²) in [5.41, 5.74) is 2.13. The zero-order chi connectivity index (χ0) is 14.8. The van der Waals surface area contributed by atoms with Crippen molar-refractivity contribution in [3.63, 3.8) is 0 Å². The Kier molecular flexibility index (Phi) is 4.36. The molecule has 114 valence electrons. The maximum Gasteiger partial charge on any atom is 0.146 e. The van der Waals surface area contributed by atoms with E-state index in [9.17, 15) is 0 Å². The van der Waals surface area contributed by atoms with Gasteiger partial charge in [-0.1, -0.05) is 6.07 Å². The number of halogens is 1. The molecule has 5 heteroatoms. The van der Waals surface area contributed by atoms with Gasteiger partial charge in [0.15, 0.2) is 0 Å². The van der Waals surface area contributed by atoms with E-state index in [1.807, 2.05) is 12.1 Å². The number of alkyl halides is 1. The standard InChI is InChI=1S/C16H22ClN3O/c1-19-10-7-12(8-11-19)20-13-4-3-5-14(21-2)16(13)18-15(20)6-9-17/h3-5,12H,6-11H2,1-2H3. The Balaban J connectivity index is 2.08. The van der Waals surface area contributed by atoms with E-state index in [0.717, 1.165) is 49.4 Å². The third-order valence-electron chi connectivity index (χ3n) is 4.35. The van der Waals surface area contributed by atoms with E-state index in [1.165, 1.54) is 5.52 Å². The van der Waals surface area contributed by atoms with Crippen molar-refractivity contribution in [1.29, 1.82) is 0 Å². The fraction of sp³-hybridized carbons (Fsp3) is 0.562. The van der Waals surface area contributed by atoms with Gasteiger partial charge in [-0.15, -0.1) is 11.6 Å². The number of hydrogen-bond acceptors (Lipinski definition) is 3. The number of nitrogens with zero attached hydrogens (tertiary/aromatic N) is 3. The van der Waals surface area contributed by atoms with Crippen LogP contribution in [0.25, 0.3) is 11.0 Å². The normalized spacial score (nSPS) is 17.5. The predicted octanol–water partition coefficient (Wildman–Crippen LogP) is 3.09. The Morgan fingerprint density at radius 3 is 2.76 bits per heavy atom. The molecule has 4 nitrogen and oxygen atoms in total. The average Bonchev–Trinajstić information content (AvgIpc) is 2.86. The van der Waals surface area contributed by atoms with E-state index in [4.69, 9.17) is 21.3 Å². The molecule has 0 N–H and O–H groups in total. The SMILES string of the molecule is COc1cccc2c1nc(CCCl)n2C1CCN(C)CC1. The van der Waals surface area contributed by atoms with Crippen LogP contribution >= 0.6 is 11.6 Å². The summed E-state index contributed by atoms with van der Waals surface area (Å²) >= 11 is 5.98. The monoisotopic (exact) mass is 307 g/mol. The molecule has 1 fully saturated rings. The summed E-state index contributed by atoms with van der Waals surface area (Å²) < 4.78 is 7.86. The highest BCUT2D eigenvalue weighted by atomic mass is 35.5. The number of ether oxygens (including phenoxy) is 1. The van der Waals surface area contributed by atoms with Crippen LogP contribution in [0.1, 0.15) is 24.7 Å². The molecule has 1 aromatic carbocycles. The molecule has 1 aliphatic heterocycles. The Hall–Kier alpha value is -1.26. The first kappa shape index (κ1) is 14.7. The number of aromatic nitrogens is 2. The smallest absolute Gasteiger partial charge is 0.146 e. The fourth-order valence-electron chi connectivity index (χ4n) is 3.23. The topological polar surface area (TPSA) is 30.3 Å². The quantitative estimate of drug-likeness (QED) is 0.813. The van der Waals surface area contributed by atoms with Crippen molar-refractivity contribution in [1.82, 2.24) is 14.5 Å². The average molecular weight is 308 g/mol. The van der Waals surface area contributed by atoms with Crippen molar-refractivity contribution in [3.8, 4) is 5.75 Å². The van der Waals surface area contributed by atoms with Gasteiger partial charge in [-0.25, -0.2) is 4.98 Å². The predicted molar refractivity (Wildman–Crippen MR) is 86.5 cm³/mol. The molecule has 2 heterocycles. The number of imidazole rings is 1. The molecule has 3 rings (SSSR count). The molecule has 1 saturated heterocycles. The summed E-state index contributed by atoms with van der Waals surface area (Å²) in [6.07, 6.45) is 3.12. The number of fused-ring (bicyclic) bond motifs is 1. The lowest BCUT2D eigenvalue weighted by atomic mass is 10.0. The minimum atomic E-state index is 0.511. The minimum Gasteiger partial charge on any atom is -0.494 e. The van der Waals surface area contributed by atoms with E-state index in [1.54, 1.807) is 7.11 Å². The molecular weight excluding hydrogens is 286 g/mol. The van der Waals surface area contributed by atoms with Gasteiger partial charge in [0.2, 0.25) is 0 Å². The molecule has 21 heavy (non-hydrogen) atoms. The third kappa shape index (κ3) is 2.74. The lowest BCUT2D eigenvalue weighted by Gasteiger charge is -2.31. The van der Waals surface area contributed by atoms with Crippen LogP contribution in [0.15, 0.2) is 18.2 Å². The van der Waals surface area contributed by atoms with Gasteiger partial charge < -0.3 is 14.2 Å². The third-order valence-corrected chi connectivity index (χ3v) is 4.54. The molecular formula is C16H22ClN3O. The maximum atomic E-state index is 5.98. The van der Waals surface area contributed by atoms with Crippen molar-refractivity contribution in [2.24, 2.45) is 0 Å². The van der Waals surface area contributed by atoms with Crippen LogP contribution in [0.5, 0.6) is 5.75 Å². The Morgan fingerprint density at radius 2 is 2.10 bits per heavy atom. The molecule has 0 amide bonds. The molecule has 0 spiro atoms. The molecule has 0 saturated carbocycles. The van der Waals surface area contributed by atoms with Gasteiger partial charge in [0.05, 0.1) is 12.6 Å². The van der Waals surface area contributed by atoms with Crippen molar-refractivity contribution >= 4 is 22.6 Å². The van der Waals surface area contributed by atoms with Gasteiger partial charge in [-0.3, -0.25) is 0 Å². The van der Waals surface area contributed by atoms with Crippen LogP contribution in [0.3, 0.4) is 0 Å². The highest BCUT2D eigenvalue weighted by Gasteiger charge is 2.23. The van der Waals surface area contributed by atoms with Gasteiger partial charge in [0, 0.05) is 18.3 Å². The van der Waals surface area contributed by atoms with Crippen LogP contribution < -0.4 is 4.74 Å². The zero-order valence-corrected chi connectivity index (χ0v) is 13.4. The molecule has 0 aliphatic carbocycles. The van der Waals surface area contributed by atoms with Gasteiger partial charge in [0.25, 0.3) is 0 Å². The number of likely N-dealkylation sites (tertiary alicyclic amines) is 1. The Morgan fingerprint density at radius 1 is 1.33 bits per heavy atom. The van der Waals surface area contributed by atoms with E-state index in [-0.39, 0.29) is 0 Å². The van der Waals surface area contributed by atoms with E-state index in [2.05, 4.69) is 22.6 Å². The highest BCUT2D eigenvalue weighted by molar-refractivity contribution is 6.17. The number of benzene rings is 1. The molecule has 1 aromatic heterocycles. The van der Waals surface area contributed by atoms with Crippen LogP contribution in [0.2, 0.25) is 0 Å². The van der Waals surface area contributed by atoms with Crippen LogP contribution in [-0.4, -0.2) is 47.6 Å². The fourth-order valence-corrected chi connectivity index (χ4v) is 3.39. The van der Waals surface area contributed by atoms with Crippen molar-refractivity contribution < 1.29 is 4.74 Å². The molecule has 2 aromatic rings. The number of piperidine rings is 1. The lowest BCUT2D eigenvalue weighted by Crippen LogP contribution is -2.32. The number of para-hydroxylation sites is 1. The van der Waals surface area contributed by atoms with E-state index >= 15 is 0 Å². The highest BCUT2D eigenvalue weighted by Crippen LogP contribution is 2.32. The summed E-state index contributed by atoms with van der Waals surface area (Å²) in [5.74, 6) is 2.52. The van der Waals surface area contributed by atoms with Crippen molar-refractivity contribution in [3.05, 3.63) is 24.0 Å². The van der Waals surface area contributed by atoms with Gasteiger partial charge in [0.1, 0.15) is 17.1 Å². The molecule has 1 aliphatic rings. The first-order valence-electron chi connectivity index (χ1n) is 7.53. The second-order valence-corrected chi connectivity index (χ2v) is 6.08. The van der Waals surface area contributed by atoms with Gasteiger partial charge >= 0.3 is 0 Å². The van der Waals surface area contributed by atoms with Crippen LogP contribution in [0, 0.1) is 0 Å². The molecule has 0 radical (unpaired) electrons. The van der Waals surface area contributed by atoms with Crippen LogP contribution in [0.4, 0.5) is 0 Å². The molecule has 0 unspecified atom stereocenters. The Bertz CT molecular complexity index is 617. The second kappa shape index (κ2) is 6.24. The molecule has 0 atom stereocenters. The number of methoxy groups -OCH3 is 1. The number of aryl methyl sites for hydroxylation is 1. The summed E-state index contributed by atoms with van der Waals surface area (Å²) in [6.45, 7) is 2.27. The first-order valence-corrected chi connectivity index (χ1v) is 8.06. The lowest BCUT2D eigenvalue weighted by molar-refractivity contribution is 0.221. The first-order chi connectivity index (χ1) is 10.2. The van der Waals surface area contributed by atoms with Crippen molar-refractivity contribution in [2.45, 2.75) is 25.3 Å². The summed E-state index contributed by atoms with van der Waals surface area (Å²) in [6, 6.07) is 6.66. The van der Waals surface area contributed by atoms with E-state index < -0.39 is 0 Å². The summed E-state index contributed by atoms with van der Waals surface area (Å²) in [4.78, 5) is 7.19. The minimum absolute atomic E-state index is 0.511. The van der Waals surface area contributed by atoms with Gasteiger partial charge in [-0.05, 0) is 45.1 Å².